The standard InChI is InChI=1S/C10H12BrNO/c11-9-4-8(5-12-6-9)7-13-10-2-1-3-10/h4-6,10H,1-3,7H2. The fraction of sp³-hybridized carbons (Fsp3) is 0.500. The van der Waals surface area contributed by atoms with Gasteiger partial charge in [0.15, 0.2) is 0 Å². The fourth-order valence-corrected chi connectivity index (χ4v) is 1.70. The van der Waals surface area contributed by atoms with Gasteiger partial charge in [-0.2, -0.15) is 0 Å². The topological polar surface area (TPSA) is 22.1 Å². The zero-order valence-corrected chi connectivity index (χ0v) is 8.96. The van der Waals surface area contributed by atoms with Gasteiger partial charge in [-0.3, -0.25) is 4.98 Å². The molecule has 1 aliphatic rings. The normalized spacial score (nSPS) is 17.0. The second kappa shape index (κ2) is 4.20. The van der Waals surface area contributed by atoms with Crippen LogP contribution in [-0.2, 0) is 11.3 Å². The van der Waals surface area contributed by atoms with E-state index in [1.807, 2.05) is 12.3 Å². The number of pyridine rings is 1. The van der Waals surface area contributed by atoms with Crippen LogP contribution in [0.25, 0.3) is 0 Å². The summed E-state index contributed by atoms with van der Waals surface area (Å²) in [6.45, 7) is 0.692. The van der Waals surface area contributed by atoms with Crippen LogP contribution in [0.4, 0.5) is 0 Å². The molecule has 0 amide bonds. The molecule has 0 spiro atoms. The lowest BCUT2D eigenvalue weighted by molar-refractivity contribution is -0.00878. The third-order valence-electron chi connectivity index (χ3n) is 2.30. The Morgan fingerprint density at radius 2 is 2.31 bits per heavy atom. The van der Waals surface area contributed by atoms with Crippen molar-refractivity contribution in [3.8, 4) is 0 Å². The van der Waals surface area contributed by atoms with E-state index in [2.05, 4.69) is 20.9 Å². The van der Waals surface area contributed by atoms with E-state index in [1.165, 1.54) is 19.3 Å². The van der Waals surface area contributed by atoms with Gasteiger partial charge in [-0.15, -0.1) is 0 Å². The lowest BCUT2D eigenvalue weighted by atomic mass is 9.96. The van der Waals surface area contributed by atoms with Crippen molar-refractivity contribution in [2.45, 2.75) is 32.0 Å². The minimum Gasteiger partial charge on any atom is -0.373 e. The molecule has 13 heavy (non-hydrogen) atoms. The van der Waals surface area contributed by atoms with Crippen molar-refractivity contribution in [2.75, 3.05) is 0 Å². The molecule has 2 nitrogen and oxygen atoms in total. The second-order valence-electron chi connectivity index (χ2n) is 3.38. The van der Waals surface area contributed by atoms with Gasteiger partial charge in [0, 0.05) is 16.9 Å². The predicted octanol–water partition coefficient (Wildman–Crippen LogP) is 2.91. The summed E-state index contributed by atoms with van der Waals surface area (Å²) >= 11 is 3.38. The van der Waals surface area contributed by atoms with Gasteiger partial charge >= 0.3 is 0 Å². The number of halogens is 1. The maximum absolute atomic E-state index is 5.66. The monoisotopic (exact) mass is 241 g/mol. The van der Waals surface area contributed by atoms with Crippen molar-refractivity contribution in [3.05, 3.63) is 28.5 Å². The first kappa shape index (κ1) is 9.16. The Morgan fingerprint density at radius 3 is 2.92 bits per heavy atom. The molecule has 2 rings (SSSR count). The van der Waals surface area contributed by atoms with Crippen molar-refractivity contribution in [2.24, 2.45) is 0 Å². The van der Waals surface area contributed by atoms with Crippen LogP contribution < -0.4 is 0 Å². The van der Waals surface area contributed by atoms with Gasteiger partial charge in [0.1, 0.15) is 0 Å². The van der Waals surface area contributed by atoms with Crippen molar-refractivity contribution < 1.29 is 4.74 Å². The predicted molar refractivity (Wildman–Crippen MR) is 54.4 cm³/mol. The molecule has 1 fully saturated rings. The Kier molecular flexibility index (Phi) is 2.96. The molecule has 1 heterocycles. The molecule has 3 heteroatoms. The number of ether oxygens (including phenoxy) is 1. The van der Waals surface area contributed by atoms with Gasteiger partial charge in [-0.05, 0) is 46.8 Å². The Labute approximate surface area is 86.5 Å². The Morgan fingerprint density at radius 1 is 1.46 bits per heavy atom. The summed E-state index contributed by atoms with van der Waals surface area (Å²) in [5.41, 5.74) is 1.14. The maximum Gasteiger partial charge on any atom is 0.0735 e. The first-order chi connectivity index (χ1) is 6.34. The molecule has 0 N–H and O–H groups in total. The zero-order valence-electron chi connectivity index (χ0n) is 7.37. The van der Waals surface area contributed by atoms with Crippen molar-refractivity contribution in [1.82, 2.24) is 4.98 Å². The largest absolute Gasteiger partial charge is 0.373 e. The molecule has 1 aromatic heterocycles. The molecule has 70 valence electrons. The van der Waals surface area contributed by atoms with Crippen molar-refractivity contribution in [1.29, 1.82) is 0 Å². The van der Waals surface area contributed by atoms with Crippen LogP contribution in [0, 0.1) is 0 Å². The molecule has 0 aromatic carbocycles. The van der Waals surface area contributed by atoms with Crippen LogP contribution in [0.15, 0.2) is 22.9 Å². The number of hydrogen-bond acceptors (Lipinski definition) is 2. The summed E-state index contributed by atoms with van der Waals surface area (Å²) in [6.07, 6.45) is 7.90. The summed E-state index contributed by atoms with van der Waals surface area (Å²) < 4.78 is 6.67. The molecular weight excluding hydrogens is 230 g/mol. The van der Waals surface area contributed by atoms with Gasteiger partial charge in [-0.1, -0.05) is 0 Å². The smallest absolute Gasteiger partial charge is 0.0735 e. The van der Waals surface area contributed by atoms with E-state index < -0.39 is 0 Å². The molecule has 0 bridgehead atoms. The molecule has 0 saturated heterocycles. The van der Waals surface area contributed by atoms with Gasteiger partial charge in [-0.25, -0.2) is 0 Å². The van der Waals surface area contributed by atoms with E-state index in [1.54, 1.807) is 6.20 Å². The highest BCUT2D eigenvalue weighted by molar-refractivity contribution is 9.10. The number of hydrogen-bond donors (Lipinski definition) is 0. The van der Waals surface area contributed by atoms with E-state index in [-0.39, 0.29) is 0 Å². The highest BCUT2D eigenvalue weighted by atomic mass is 79.9. The van der Waals surface area contributed by atoms with Crippen LogP contribution >= 0.6 is 15.9 Å². The second-order valence-corrected chi connectivity index (χ2v) is 4.29. The average molecular weight is 242 g/mol. The van der Waals surface area contributed by atoms with Gasteiger partial charge in [0.2, 0.25) is 0 Å². The van der Waals surface area contributed by atoms with Crippen LogP contribution in [0.1, 0.15) is 24.8 Å². The SMILES string of the molecule is Brc1cncc(COC2CCC2)c1. The average Bonchev–Trinajstić information content (AvgIpc) is 2.01. The summed E-state index contributed by atoms with van der Waals surface area (Å²) in [6, 6.07) is 2.05. The van der Waals surface area contributed by atoms with E-state index in [0.717, 1.165) is 10.0 Å². The van der Waals surface area contributed by atoms with Crippen LogP contribution in [0.3, 0.4) is 0 Å². The van der Waals surface area contributed by atoms with Crippen LogP contribution in [0.2, 0.25) is 0 Å². The van der Waals surface area contributed by atoms with Crippen molar-refractivity contribution >= 4 is 15.9 Å². The molecule has 0 aliphatic heterocycles. The highest BCUT2D eigenvalue weighted by Gasteiger charge is 2.17. The first-order valence-corrected chi connectivity index (χ1v) is 5.35. The Hall–Kier alpha value is -0.410. The highest BCUT2D eigenvalue weighted by Crippen LogP contribution is 2.23. The quantitative estimate of drug-likeness (QED) is 0.812. The summed E-state index contributed by atoms with van der Waals surface area (Å²) in [4.78, 5) is 4.08. The lowest BCUT2D eigenvalue weighted by Crippen LogP contribution is -2.21. The Bertz CT molecular complexity index is 286. The summed E-state index contributed by atoms with van der Waals surface area (Å²) in [5.74, 6) is 0. The van der Waals surface area contributed by atoms with Crippen LogP contribution in [-0.4, -0.2) is 11.1 Å². The zero-order chi connectivity index (χ0) is 9.10. The minimum absolute atomic E-state index is 0.499. The first-order valence-electron chi connectivity index (χ1n) is 4.55. The van der Waals surface area contributed by atoms with Gasteiger partial charge in [0.05, 0.1) is 12.7 Å². The fourth-order valence-electron chi connectivity index (χ4n) is 1.29. The third-order valence-corrected chi connectivity index (χ3v) is 2.73. The van der Waals surface area contributed by atoms with Gasteiger partial charge in [0.25, 0.3) is 0 Å². The molecule has 0 atom stereocenters. The molecule has 1 aliphatic carbocycles. The van der Waals surface area contributed by atoms with E-state index in [0.29, 0.717) is 12.7 Å². The molecular formula is C10H12BrNO. The maximum atomic E-state index is 5.66. The third kappa shape index (κ3) is 2.51. The van der Waals surface area contributed by atoms with Crippen LogP contribution in [0.5, 0.6) is 0 Å². The van der Waals surface area contributed by atoms with E-state index in [4.69, 9.17) is 4.74 Å². The Balaban J connectivity index is 1.86. The number of rotatable bonds is 3. The van der Waals surface area contributed by atoms with Gasteiger partial charge < -0.3 is 4.74 Å². The molecule has 0 radical (unpaired) electrons. The number of nitrogens with zero attached hydrogens (tertiary/aromatic N) is 1. The summed E-state index contributed by atoms with van der Waals surface area (Å²) in [7, 11) is 0. The molecule has 1 aromatic rings. The lowest BCUT2D eigenvalue weighted by Gasteiger charge is -2.25. The minimum atomic E-state index is 0.499. The van der Waals surface area contributed by atoms with Crippen molar-refractivity contribution in [3.63, 3.8) is 0 Å². The van der Waals surface area contributed by atoms with E-state index in [9.17, 15) is 0 Å². The van der Waals surface area contributed by atoms with E-state index >= 15 is 0 Å². The summed E-state index contributed by atoms with van der Waals surface area (Å²) in [5, 5.41) is 0. The molecule has 0 unspecified atom stereocenters. The number of aromatic nitrogens is 1. The molecule has 1 saturated carbocycles.